The Kier molecular flexibility index (Phi) is 6.88. The van der Waals surface area contributed by atoms with Crippen LogP contribution in [0.15, 0.2) is 30.3 Å². The van der Waals surface area contributed by atoms with Gasteiger partial charge in [0.1, 0.15) is 0 Å². The minimum atomic E-state index is 0.265. The van der Waals surface area contributed by atoms with E-state index < -0.39 is 0 Å². The molecule has 1 aromatic rings. The lowest BCUT2D eigenvalue weighted by molar-refractivity contribution is -0.903. The minimum Gasteiger partial charge on any atom is -0.348 e. The quantitative estimate of drug-likeness (QED) is 0.651. The highest BCUT2D eigenvalue weighted by atomic mass is 16.2. The SMILES string of the molecule is CC[NH+]1CCC(NC(=O)C[NH+]2CCC(Cc3ccccc3)CC2)CC1. The van der Waals surface area contributed by atoms with E-state index in [0.29, 0.717) is 12.6 Å². The van der Waals surface area contributed by atoms with E-state index in [2.05, 4.69) is 42.6 Å². The number of quaternary nitrogens is 2. The molecule has 25 heavy (non-hydrogen) atoms. The predicted octanol–water partition coefficient (Wildman–Crippen LogP) is -0.293. The molecule has 2 fully saturated rings. The van der Waals surface area contributed by atoms with Gasteiger partial charge in [-0.05, 0) is 37.7 Å². The van der Waals surface area contributed by atoms with Crippen LogP contribution in [0, 0.1) is 5.92 Å². The average Bonchev–Trinajstić information content (AvgIpc) is 2.65. The first-order chi connectivity index (χ1) is 12.2. The van der Waals surface area contributed by atoms with Crippen LogP contribution in [0.5, 0.6) is 0 Å². The number of amides is 1. The Morgan fingerprint density at radius 1 is 1.00 bits per heavy atom. The fraction of sp³-hybridized carbons (Fsp3) is 0.667. The van der Waals surface area contributed by atoms with E-state index in [0.717, 1.165) is 31.8 Å². The number of rotatable bonds is 6. The Balaban J connectivity index is 1.34. The molecule has 0 atom stereocenters. The summed E-state index contributed by atoms with van der Waals surface area (Å²) in [5, 5.41) is 3.29. The van der Waals surface area contributed by atoms with Crippen LogP contribution < -0.4 is 15.1 Å². The zero-order valence-corrected chi connectivity index (χ0v) is 15.7. The van der Waals surface area contributed by atoms with Crippen LogP contribution >= 0.6 is 0 Å². The third-order valence-electron chi connectivity index (χ3n) is 6.15. The Bertz CT molecular complexity index is 517. The van der Waals surface area contributed by atoms with Crippen LogP contribution in [0.1, 0.15) is 38.2 Å². The smallest absolute Gasteiger partial charge is 0.275 e. The monoisotopic (exact) mass is 345 g/mol. The summed E-state index contributed by atoms with van der Waals surface area (Å²) >= 11 is 0. The van der Waals surface area contributed by atoms with Crippen LogP contribution in [-0.4, -0.2) is 51.2 Å². The van der Waals surface area contributed by atoms with Crippen molar-refractivity contribution in [2.24, 2.45) is 5.92 Å². The molecule has 138 valence electrons. The molecule has 4 nitrogen and oxygen atoms in total. The van der Waals surface area contributed by atoms with E-state index in [1.165, 1.54) is 49.4 Å². The number of carbonyl (C=O) groups excluding carboxylic acids is 1. The van der Waals surface area contributed by atoms with Gasteiger partial charge in [0, 0.05) is 18.9 Å². The maximum absolute atomic E-state index is 12.4. The van der Waals surface area contributed by atoms with Crippen molar-refractivity contribution in [1.82, 2.24) is 5.32 Å². The number of carbonyl (C=O) groups is 1. The second kappa shape index (κ2) is 9.35. The van der Waals surface area contributed by atoms with E-state index in [9.17, 15) is 4.79 Å². The molecule has 2 saturated heterocycles. The van der Waals surface area contributed by atoms with Crippen LogP contribution in [0.4, 0.5) is 0 Å². The van der Waals surface area contributed by atoms with Crippen molar-refractivity contribution in [2.45, 2.75) is 45.1 Å². The highest BCUT2D eigenvalue weighted by molar-refractivity contribution is 5.77. The van der Waals surface area contributed by atoms with Gasteiger partial charge in [-0.15, -0.1) is 0 Å². The molecule has 2 heterocycles. The van der Waals surface area contributed by atoms with E-state index in [1.807, 2.05) is 0 Å². The van der Waals surface area contributed by atoms with Gasteiger partial charge < -0.3 is 15.1 Å². The van der Waals surface area contributed by atoms with Crippen molar-refractivity contribution in [2.75, 3.05) is 39.3 Å². The second-order valence-corrected chi connectivity index (χ2v) is 8.01. The summed E-state index contributed by atoms with van der Waals surface area (Å²) in [6.07, 6.45) is 5.97. The van der Waals surface area contributed by atoms with Gasteiger partial charge in [-0.2, -0.15) is 0 Å². The standard InChI is InChI=1S/C21H33N3O/c1-2-23-14-10-20(11-15-23)22-21(25)17-24-12-8-19(9-13-24)16-18-6-4-3-5-7-18/h3-7,19-20H,2,8-17H2,1H3,(H,22,25)/p+2. The number of hydrogen-bond acceptors (Lipinski definition) is 1. The lowest BCUT2D eigenvalue weighted by Gasteiger charge is -2.31. The van der Waals surface area contributed by atoms with Gasteiger partial charge in [0.15, 0.2) is 6.54 Å². The minimum absolute atomic E-state index is 0.265. The van der Waals surface area contributed by atoms with E-state index in [-0.39, 0.29) is 5.91 Å². The molecule has 4 heteroatoms. The van der Waals surface area contributed by atoms with Gasteiger partial charge in [0.25, 0.3) is 5.91 Å². The van der Waals surface area contributed by atoms with Crippen LogP contribution in [0.3, 0.4) is 0 Å². The number of piperidine rings is 2. The number of nitrogens with one attached hydrogen (secondary N) is 3. The summed E-state index contributed by atoms with van der Waals surface area (Å²) < 4.78 is 0. The van der Waals surface area contributed by atoms with Crippen LogP contribution in [0.2, 0.25) is 0 Å². The first-order valence-electron chi connectivity index (χ1n) is 10.2. The molecule has 0 unspecified atom stereocenters. The normalized spacial score (nSPS) is 30.0. The van der Waals surface area contributed by atoms with Gasteiger partial charge in [0.05, 0.1) is 32.7 Å². The molecule has 2 aliphatic rings. The molecule has 2 aliphatic heterocycles. The van der Waals surface area contributed by atoms with Crippen LogP contribution in [-0.2, 0) is 11.2 Å². The Morgan fingerprint density at radius 3 is 2.28 bits per heavy atom. The van der Waals surface area contributed by atoms with E-state index in [4.69, 9.17) is 0 Å². The first-order valence-corrected chi connectivity index (χ1v) is 10.2. The molecule has 3 rings (SSSR count). The summed E-state index contributed by atoms with van der Waals surface area (Å²) in [6, 6.07) is 11.2. The first kappa shape index (κ1) is 18.4. The van der Waals surface area contributed by atoms with Crippen molar-refractivity contribution < 1.29 is 14.6 Å². The molecule has 3 N–H and O–H groups in total. The fourth-order valence-electron chi connectivity index (χ4n) is 4.44. The van der Waals surface area contributed by atoms with Crippen molar-refractivity contribution in [3.63, 3.8) is 0 Å². The molecule has 0 bridgehead atoms. The molecule has 1 amide bonds. The molecule has 0 aliphatic carbocycles. The Hall–Kier alpha value is -1.39. The lowest BCUT2D eigenvalue weighted by atomic mass is 9.90. The van der Waals surface area contributed by atoms with Gasteiger partial charge in [-0.25, -0.2) is 0 Å². The van der Waals surface area contributed by atoms with Gasteiger partial charge in [-0.1, -0.05) is 30.3 Å². The van der Waals surface area contributed by atoms with E-state index in [1.54, 1.807) is 4.90 Å². The number of hydrogen-bond donors (Lipinski definition) is 3. The summed E-state index contributed by atoms with van der Waals surface area (Å²) in [5.74, 6) is 1.05. The topological polar surface area (TPSA) is 38.0 Å². The Labute approximate surface area is 152 Å². The molecule has 1 aromatic carbocycles. The second-order valence-electron chi connectivity index (χ2n) is 8.01. The molecule has 0 aromatic heterocycles. The Morgan fingerprint density at radius 2 is 1.64 bits per heavy atom. The summed E-state index contributed by atoms with van der Waals surface area (Å²) in [4.78, 5) is 15.5. The molecule has 0 saturated carbocycles. The maximum atomic E-state index is 12.4. The molecular formula is C21H35N3O+2. The van der Waals surface area contributed by atoms with Gasteiger partial charge >= 0.3 is 0 Å². The summed E-state index contributed by atoms with van der Waals surface area (Å²) in [7, 11) is 0. The number of likely N-dealkylation sites (tertiary alicyclic amines) is 2. The summed E-state index contributed by atoms with van der Waals surface area (Å²) in [5.41, 5.74) is 1.45. The molecule has 0 radical (unpaired) electrons. The van der Waals surface area contributed by atoms with Gasteiger partial charge in [0.2, 0.25) is 0 Å². The molecule has 0 spiro atoms. The average molecular weight is 346 g/mol. The van der Waals surface area contributed by atoms with Gasteiger partial charge in [-0.3, -0.25) is 4.79 Å². The van der Waals surface area contributed by atoms with Crippen molar-refractivity contribution >= 4 is 5.91 Å². The predicted molar refractivity (Wildman–Crippen MR) is 101 cm³/mol. The van der Waals surface area contributed by atoms with Crippen molar-refractivity contribution in [1.29, 1.82) is 0 Å². The highest BCUT2D eigenvalue weighted by Gasteiger charge is 2.26. The third kappa shape index (κ3) is 5.82. The summed E-state index contributed by atoms with van der Waals surface area (Å²) in [6.45, 7) is 8.83. The zero-order valence-electron chi connectivity index (χ0n) is 15.7. The van der Waals surface area contributed by atoms with Crippen molar-refractivity contribution in [3.05, 3.63) is 35.9 Å². The van der Waals surface area contributed by atoms with Crippen LogP contribution in [0.25, 0.3) is 0 Å². The molecular weight excluding hydrogens is 310 g/mol. The maximum Gasteiger partial charge on any atom is 0.275 e. The fourth-order valence-corrected chi connectivity index (χ4v) is 4.44. The number of benzene rings is 1. The highest BCUT2D eigenvalue weighted by Crippen LogP contribution is 2.16. The largest absolute Gasteiger partial charge is 0.348 e. The zero-order chi connectivity index (χ0) is 17.5. The lowest BCUT2D eigenvalue weighted by Crippen LogP contribution is -3.14. The van der Waals surface area contributed by atoms with Crippen molar-refractivity contribution in [3.8, 4) is 0 Å². The third-order valence-corrected chi connectivity index (χ3v) is 6.15. The van der Waals surface area contributed by atoms with E-state index >= 15 is 0 Å².